The van der Waals surface area contributed by atoms with Crippen LogP contribution in [-0.4, -0.2) is 57.7 Å². The zero-order valence-electron chi connectivity index (χ0n) is 8.84. The third kappa shape index (κ3) is 2.59. The SMILES string of the molecule is OC[C@H]1O[C@@H](Oc2cccs2)[C@H](O)[C@@H](O)[C@@H]1O. The molecule has 1 aromatic rings. The molecule has 4 N–H and O–H groups in total. The molecule has 17 heavy (non-hydrogen) atoms. The number of ether oxygens (including phenoxy) is 2. The van der Waals surface area contributed by atoms with E-state index in [1.165, 1.54) is 11.3 Å². The predicted molar refractivity (Wildman–Crippen MR) is 58.7 cm³/mol. The summed E-state index contributed by atoms with van der Waals surface area (Å²) in [5.74, 6) is 0. The summed E-state index contributed by atoms with van der Waals surface area (Å²) in [5, 5.41) is 40.1. The molecule has 0 bridgehead atoms. The Kier molecular flexibility index (Phi) is 3.97. The average molecular weight is 262 g/mol. The van der Waals surface area contributed by atoms with E-state index in [1.54, 1.807) is 17.5 Å². The van der Waals surface area contributed by atoms with Gasteiger partial charge >= 0.3 is 0 Å². The minimum Gasteiger partial charge on any atom is -0.452 e. The van der Waals surface area contributed by atoms with E-state index in [4.69, 9.17) is 14.6 Å². The van der Waals surface area contributed by atoms with E-state index in [9.17, 15) is 15.3 Å². The third-order valence-corrected chi connectivity index (χ3v) is 3.33. The minimum absolute atomic E-state index is 0.463. The van der Waals surface area contributed by atoms with Crippen molar-refractivity contribution in [3.8, 4) is 5.06 Å². The highest BCUT2D eigenvalue weighted by molar-refractivity contribution is 7.11. The van der Waals surface area contributed by atoms with Crippen LogP contribution in [0.1, 0.15) is 0 Å². The van der Waals surface area contributed by atoms with Crippen molar-refractivity contribution >= 4 is 11.3 Å². The lowest BCUT2D eigenvalue weighted by atomic mass is 9.99. The van der Waals surface area contributed by atoms with Gasteiger partial charge in [0.1, 0.15) is 24.4 Å². The normalized spacial score (nSPS) is 38.0. The van der Waals surface area contributed by atoms with E-state index >= 15 is 0 Å². The van der Waals surface area contributed by atoms with Crippen LogP contribution in [0.3, 0.4) is 0 Å². The predicted octanol–water partition coefficient (Wildman–Crippen LogP) is -1.07. The molecule has 0 unspecified atom stereocenters. The summed E-state index contributed by atoms with van der Waals surface area (Å²) in [6, 6.07) is 3.45. The van der Waals surface area contributed by atoms with Crippen LogP contribution >= 0.6 is 11.3 Å². The average Bonchev–Trinajstić information content (AvgIpc) is 2.83. The van der Waals surface area contributed by atoms with Gasteiger partial charge in [0.2, 0.25) is 6.29 Å². The van der Waals surface area contributed by atoms with Gasteiger partial charge in [0.15, 0.2) is 5.06 Å². The Morgan fingerprint density at radius 1 is 1.24 bits per heavy atom. The molecule has 0 saturated carbocycles. The molecule has 6 nitrogen and oxygen atoms in total. The van der Waals surface area contributed by atoms with Gasteiger partial charge in [-0.15, -0.1) is 11.3 Å². The summed E-state index contributed by atoms with van der Waals surface area (Å²) in [5.41, 5.74) is 0. The van der Waals surface area contributed by atoms with Crippen LogP contribution in [0, 0.1) is 0 Å². The molecule has 0 amide bonds. The van der Waals surface area contributed by atoms with E-state index in [0.717, 1.165) is 0 Å². The summed E-state index contributed by atoms with van der Waals surface area (Å²) in [6.07, 6.45) is -6.19. The number of hydrogen-bond acceptors (Lipinski definition) is 7. The molecule has 2 rings (SSSR count). The number of thiophene rings is 1. The fraction of sp³-hybridized carbons (Fsp3) is 0.600. The lowest BCUT2D eigenvalue weighted by Gasteiger charge is -2.39. The van der Waals surface area contributed by atoms with Crippen molar-refractivity contribution in [3.63, 3.8) is 0 Å². The fourth-order valence-electron chi connectivity index (χ4n) is 1.61. The minimum atomic E-state index is -1.41. The number of hydrogen-bond donors (Lipinski definition) is 4. The second kappa shape index (κ2) is 5.30. The molecule has 1 aliphatic heterocycles. The Morgan fingerprint density at radius 3 is 2.59 bits per heavy atom. The Labute approximate surface area is 102 Å². The molecular formula is C10H14O6S. The van der Waals surface area contributed by atoms with Crippen molar-refractivity contribution in [2.75, 3.05) is 6.61 Å². The first-order valence-electron chi connectivity index (χ1n) is 5.14. The van der Waals surface area contributed by atoms with Gasteiger partial charge in [0.25, 0.3) is 0 Å². The van der Waals surface area contributed by atoms with Gasteiger partial charge in [-0.25, -0.2) is 0 Å². The van der Waals surface area contributed by atoms with Gasteiger partial charge in [-0.1, -0.05) is 0 Å². The number of aliphatic hydroxyl groups excluding tert-OH is 4. The Hall–Kier alpha value is -0.700. The Morgan fingerprint density at radius 2 is 2.00 bits per heavy atom. The molecule has 96 valence electrons. The molecule has 0 spiro atoms. The standard InChI is InChI=1S/C10H14O6S/c11-4-5-7(12)8(13)9(14)10(15-5)16-6-2-1-3-17-6/h1-3,5,7-14H,4H2/t5-,7-,8+,9-,10+/m1/s1. The lowest BCUT2D eigenvalue weighted by molar-refractivity contribution is -0.276. The van der Waals surface area contributed by atoms with Crippen molar-refractivity contribution in [2.24, 2.45) is 0 Å². The zero-order valence-corrected chi connectivity index (χ0v) is 9.66. The molecule has 1 fully saturated rings. The smallest absolute Gasteiger partial charge is 0.230 e. The van der Waals surface area contributed by atoms with Crippen LogP contribution in [0.2, 0.25) is 0 Å². The maximum atomic E-state index is 9.68. The summed E-state index contributed by atoms with van der Waals surface area (Å²) < 4.78 is 10.5. The highest BCUT2D eigenvalue weighted by atomic mass is 32.1. The summed E-state index contributed by atoms with van der Waals surface area (Å²) in [7, 11) is 0. The fourth-order valence-corrected chi connectivity index (χ4v) is 2.21. The van der Waals surface area contributed by atoms with Crippen molar-refractivity contribution in [1.29, 1.82) is 0 Å². The maximum absolute atomic E-state index is 9.68. The quantitative estimate of drug-likeness (QED) is 0.553. The van der Waals surface area contributed by atoms with E-state index in [1.807, 2.05) is 0 Å². The molecule has 1 saturated heterocycles. The highest BCUT2D eigenvalue weighted by Crippen LogP contribution is 2.26. The lowest BCUT2D eigenvalue weighted by Crippen LogP contribution is -2.60. The Bertz CT molecular complexity index is 341. The number of rotatable bonds is 3. The zero-order chi connectivity index (χ0) is 12.4. The molecule has 0 aromatic carbocycles. The molecular weight excluding hydrogens is 248 g/mol. The van der Waals surface area contributed by atoms with Gasteiger partial charge in [-0.05, 0) is 17.5 Å². The second-order valence-electron chi connectivity index (χ2n) is 3.75. The van der Waals surface area contributed by atoms with Gasteiger partial charge in [-0.3, -0.25) is 0 Å². The third-order valence-electron chi connectivity index (χ3n) is 2.58. The topological polar surface area (TPSA) is 99.4 Å². The first-order valence-corrected chi connectivity index (χ1v) is 6.02. The largest absolute Gasteiger partial charge is 0.452 e. The summed E-state index contributed by atoms with van der Waals surface area (Å²) >= 11 is 1.31. The maximum Gasteiger partial charge on any atom is 0.230 e. The second-order valence-corrected chi connectivity index (χ2v) is 4.66. The molecule has 7 heteroatoms. The van der Waals surface area contributed by atoms with Crippen LogP contribution in [0.25, 0.3) is 0 Å². The molecule has 1 aliphatic rings. The van der Waals surface area contributed by atoms with Crippen molar-refractivity contribution in [3.05, 3.63) is 17.5 Å². The molecule has 5 atom stereocenters. The van der Waals surface area contributed by atoms with E-state index < -0.39 is 37.3 Å². The van der Waals surface area contributed by atoms with Crippen molar-refractivity contribution < 1.29 is 29.9 Å². The van der Waals surface area contributed by atoms with Crippen LogP contribution in [0.15, 0.2) is 17.5 Å². The van der Waals surface area contributed by atoms with Gasteiger partial charge in [-0.2, -0.15) is 0 Å². The molecule has 0 aliphatic carbocycles. The molecule has 2 heterocycles. The van der Waals surface area contributed by atoms with Gasteiger partial charge in [0.05, 0.1) is 6.61 Å². The van der Waals surface area contributed by atoms with Crippen LogP contribution in [0.5, 0.6) is 5.06 Å². The van der Waals surface area contributed by atoms with E-state index in [-0.39, 0.29) is 0 Å². The van der Waals surface area contributed by atoms with Crippen LogP contribution in [0.4, 0.5) is 0 Å². The Balaban J connectivity index is 2.06. The number of aliphatic hydroxyl groups is 4. The summed E-state index contributed by atoms with van der Waals surface area (Å²) in [4.78, 5) is 0. The van der Waals surface area contributed by atoms with Crippen LogP contribution in [-0.2, 0) is 4.74 Å². The van der Waals surface area contributed by atoms with Gasteiger partial charge in [0, 0.05) is 0 Å². The van der Waals surface area contributed by atoms with E-state index in [2.05, 4.69) is 0 Å². The van der Waals surface area contributed by atoms with E-state index in [0.29, 0.717) is 5.06 Å². The van der Waals surface area contributed by atoms with Crippen molar-refractivity contribution in [1.82, 2.24) is 0 Å². The summed E-state index contributed by atoms with van der Waals surface area (Å²) in [6.45, 7) is -0.463. The first-order chi connectivity index (χ1) is 8.13. The first kappa shape index (κ1) is 12.7. The molecule has 0 radical (unpaired) electrons. The van der Waals surface area contributed by atoms with Crippen LogP contribution < -0.4 is 4.74 Å². The highest BCUT2D eigenvalue weighted by Gasteiger charge is 2.44. The molecule has 1 aromatic heterocycles. The van der Waals surface area contributed by atoms with Gasteiger partial charge < -0.3 is 29.9 Å². The monoisotopic (exact) mass is 262 g/mol. The van der Waals surface area contributed by atoms with Crippen molar-refractivity contribution in [2.45, 2.75) is 30.7 Å².